The van der Waals surface area contributed by atoms with Crippen molar-refractivity contribution in [2.75, 3.05) is 20.1 Å². The van der Waals surface area contributed by atoms with Crippen molar-refractivity contribution in [2.45, 2.75) is 26.3 Å². The van der Waals surface area contributed by atoms with Crippen molar-refractivity contribution in [3.05, 3.63) is 0 Å². The maximum Gasteiger partial charge on any atom is 0.317 e. The third kappa shape index (κ3) is 3.57. The molecule has 0 aromatic heterocycles. The molecule has 0 saturated carbocycles. The average Bonchev–Trinajstić information content (AvgIpc) is 2.04. The Hall–Kier alpha value is -0.770. The van der Waals surface area contributed by atoms with Crippen LogP contribution in [0.5, 0.6) is 0 Å². The Morgan fingerprint density at radius 2 is 2.25 bits per heavy atom. The van der Waals surface area contributed by atoms with Crippen LogP contribution in [0.3, 0.4) is 0 Å². The second kappa shape index (κ2) is 5.83. The summed E-state index contributed by atoms with van der Waals surface area (Å²) in [5.74, 6) is 0. The van der Waals surface area contributed by atoms with Crippen LogP contribution in [0.25, 0.3) is 0 Å². The van der Waals surface area contributed by atoms with Crippen LogP contribution in [0, 0.1) is 0 Å². The fourth-order valence-corrected chi connectivity index (χ4v) is 0.911. The molecule has 1 atom stereocenters. The molecule has 4 nitrogen and oxygen atoms in total. The molecule has 0 bridgehead atoms. The normalized spacial score (nSPS) is 12.3. The average molecular weight is 173 g/mol. The predicted octanol–water partition coefficient (Wildman–Crippen LogP) is 0.385. The van der Waals surface area contributed by atoms with E-state index in [0.29, 0.717) is 13.1 Å². The Kier molecular flexibility index (Phi) is 5.45. The predicted molar refractivity (Wildman–Crippen MR) is 50.0 cm³/mol. The molecule has 0 aromatic carbocycles. The number of nitrogens with two attached hydrogens (primary N) is 1. The van der Waals surface area contributed by atoms with Gasteiger partial charge in [-0.05, 0) is 26.8 Å². The van der Waals surface area contributed by atoms with Gasteiger partial charge in [-0.15, -0.1) is 0 Å². The molecule has 0 aliphatic heterocycles. The number of nitrogens with one attached hydrogen (secondary N) is 1. The fourth-order valence-electron chi connectivity index (χ4n) is 0.911. The van der Waals surface area contributed by atoms with Gasteiger partial charge in [0.15, 0.2) is 0 Å². The van der Waals surface area contributed by atoms with E-state index < -0.39 is 0 Å². The van der Waals surface area contributed by atoms with Crippen molar-refractivity contribution in [1.29, 1.82) is 0 Å². The number of carbonyl (C=O) groups is 1. The van der Waals surface area contributed by atoms with Crippen molar-refractivity contribution >= 4 is 6.03 Å². The number of rotatable bonds is 4. The van der Waals surface area contributed by atoms with E-state index in [1.807, 2.05) is 13.8 Å². The molecule has 0 fully saturated rings. The minimum absolute atomic E-state index is 0.0292. The number of hydrogen-bond acceptors (Lipinski definition) is 2. The first-order valence-corrected chi connectivity index (χ1v) is 4.34. The van der Waals surface area contributed by atoms with Crippen molar-refractivity contribution in [2.24, 2.45) is 5.73 Å². The molecule has 0 radical (unpaired) electrons. The SMILES string of the molecule is CCNC(=O)N(C)C(C)CCN. The molecular formula is C8H19N3O. The zero-order valence-electron chi connectivity index (χ0n) is 8.13. The molecule has 0 aliphatic carbocycles. The number of carbonyl (C=O) groups excluding carboxylic acids is 1. The van der Waals surface area contributed by atoms with Crippen LogP contribution >= 0.6 is 0 Å². The summed E-state index contributed by atoms with van der Waals surface area (Å²) in [5.41, 5.74) is 5.38. The van der Waals surface area contributed by atoms with E-state index in [-0.39, 0.29) is 12.1 Å². The molecule has 0 saturated heterocycles. The first-order chi connectivity index (χ1) is 5.63. The van der Waals surface area contributed by atoms with Crippen LogP contribution in [0.2, 0.25) is 0 Å². The Balaban J connectivity index is 3.82. The largest absolute Gasteiger partial charge is 0.338 e. The summed E-state index contributed by atoms with van der Waals surface area (Å²) in [6.45, 7) is 5.17. The molecule has 2 amide bonds. The molecule has 0 heterocycles. The van der Waals surface area contributed by atoms with Crippen LogP contribution in [0.15, 0.2) is 0 Å². The smallest absolute Gasteiger partial charge is 0.317 e. The Labute approximate surface area is 74.1 Å². The minimum Gasteiger partial charge on any atom is -0.338 e. The van der Waals surface area contributed by atoms with Gasteiger partial charge < -0.3 is 16.0 Å². The van der Waals surface area contributed by atoms with Gasteiger partial charge in [-0.25, -0.2) is 4.79 Å². The zero-order chi connectivity index (χ0) is 9.56. The number of nitrogens with zero attached hydrogens (tertiary/aromatic N) is 1. The number of hydrogen-bond donors (Lipinski definition) is 2. The van der Waals surface area contributed by atoms with Gasteiger partial charge in [0.25, 0.3) is 0 Å². The third-order valence-electron chi connectivity index (χ3n) is 1.89. The second-order valence-electron chi connectivity index (χ2n) is 2.87. The Morgan fingerprint density at radius 3 is 2.67 bits per heavy atom. The van der Waals surface area contributed by atoms with E-state index in [0.717, 1.165) is 6.42 Å². The highest BCUT2D eigenvalue weighted by atomic mass is 16.2. The van der Waals surface area contributed by atoms with Gasteiger partial charge in [-0.1, -0.05) is 0 Å². The quantitative estimate of drug-likeness (QED) is 0.646. The molecule has 1 unspecified atom stereocenters. The summed E-state index contributed by atoms with van der Waals surface area (Å²) in [7, 11) is 1.78. The van der Waals surface area contributed by atoms with Crippen molar-refractivity contribution < 1.29 is 4.79 Å². The van der Waals surface area contributed by atoms with Crippen LogP contribution < -0.4 is 11.1 Å². The van der Waals surface area contributed by atoms with Crippen LogP contribution in [0.1, 0.15) is 20.3 Å². The van der Waals surface area contributed by atoms with Crippen molar-refractivity contribution in [3.8, 4) is 0 Å². The first kappa shape index (κ1) is 11.2. The number of amides is 2. The molecule has 72 valence electrons. The standard InChI is InChI=1S/C8H19N3O/c1-4-10-8(12)11(3)7(2)5-6-9/h7H,4-6,9H2,1-3H3,(H,10,12). The van der Waals surface area contributed by atoms with Crippen LogP contribution in [-0.4, -0.2) is 37.1 Å². The number of urea groups is 1. The highest BCUT2D eigenvalue weighted by molar-refractivity contribution is 5.74. The summed E-state index contributed by atoms with van der Waals surface area (Å²) in [6, 6.07) is 0.181. The monoisotopic (exact) mass is 173 g/mol. The molecule has 0 aromatic rings. The topological polar surface area (TPSA) is 58.4 Å². The maximum absolute atomic E-state index is 11.2. The van der Waals surface area contributed by atoms with E-state index in [4.69, 9.17) is 5.73 Å². The second-order valence-corrected chi connectivity index (χ2v) is 2.87. The van der Waals surface area contributed by atoms with Gasteiger partial charge in [0.05, 0.1) is 0 Å². The third-order valence-corrected chi connectivity index (χ3v) is 1.89. The van der Waals surface area contributed by atoms with Crippen molar-refractivity contribution in [3.63, 3.8) is 0 Å². The van der Waals surface area contributed by atoms with E-state index in [2.05, 4.69) is 5.32 Å². The zero-order valence-corrected chi connectivity index (χ0v) is 8.13. The summed E-state index contributed by atoms with van der Waals surface area (Å²) in [5, 5.41) is 2.73. The summed E-state index contributed by atoms with van der Waals surface area (Å²) in [6.07, 6.45) is 0.841. The lowest BCUT2D eigenvalue weighted by atomic mass is 10.2. The summed E-state index contributed by atoms with van der Waals surface area (Å²) >= 11 is 0. The molecule has 0 rings (SSSR count). The van der Waals surface area contributed by atoms with Crippen LogP contribution in [-0.2, 0) is 0 Å². The minimum atomic E-state index is -0.0292. The Bertz CT molecular complexity index is 138. The lowest BCUT2D eigenvalue weighted by molar-refractivity contribution is 0.192. The molecule has 0 spiro atoms. The van der Waals surface area contributed by atoms with Gasteiger partial charge >= 0.3 is 6.03 Å². The summed E-state index contributed by atoms with van der Waals surface area (Å²) < 4.78 is 0. The molecule has 3 N–H and O–H groups in total. The van der Waals surface area contributed by atoms with Gasteiger partial charge in [0, 0.05) is 19.6 Å². The van der Waals surface area contributed by atoms with Gasteiger partial charge in [0.2, 0.25) is 0 Å². The fraction of sp³-hybridized carbons (Fsp3) is 0.875. The molecule has 4 heteroatoms. The lowest BCUT2D eigenvalue weighted by Gasteiger charge is -2.24. The van der Waals surface area contributed by atoms with E-state index in [9.17, 15) is 4.79 Å². The summed E-state index contributed by atoms with van der Waals surface area (Å²) in [4.78, 5) is 12.9. The molecule has 0 aliphatic rings. The van der Waals surface area contributed by atoms with Crippen molar-refractivity contribution in [1.82, 2.24) is 10.2 Å². The van der Waals surface area contributed by atoms with E-state index >= 15 is 0 Å². The van der Waals surface area contributed by atoms with Gasteiger partial charge in [0.1, 0.15) is 0 Å². The highest BCUT2D eigenvalue weighted by Gasteiger charge is 2.12. The van der Waals surface area contributed by atoms with Crippen LogP contribution in [0.4, 0.5) is 4.79 Å². The Morgan fingerprint density at radius 1 is 1.67 bits per heavy atom. The molecular weight excluding hydrogens is 154 g/mol. The van der Waals surface area contributed by atoms with E-state index in [1.54, 1.807) is 11.9 Å². The lowest BCUT2D eigenvalue weighted by Crippen LogP contribution is -2.42. The highest BCUT2D eigenvalue weighted by Crippen LogP contribution is 1.99. The molecule has 12 heavy (non-hydrogen) atoms. The van der Waals surface area contributed by atoms with E-state index in [1.165, 1.54) is 0 Å². The maximum atomic E-state index is 11.2. The first-order valence-electron chi connectivity index (χ1n) is 4.34. The van der Waals surface area contributed by atoms with Gasteiger partial charge in [-0.3, -0.25) is 0 Å². The van der Waals surface area contributed by atoms with Gasteiger partial charge in [-0.2, -0.15) is 0 Å².